The van der Waals surface area contributed by atoms with Crippen molar-refractivity contribution in [1.29, 1.82) is 0 Å². The highest BCUT2D eigenvalue weighted by Crippen LogP contribution is 2.17. The molecule has 18 heavy (non-hydrogen) atoms. The molecule has 2 rings (SSSR count). The van der Waals surface area contributed by atoms with Gasteiger partial charge in [-0.15, -0.1) is 0 Å². The van der Waals surface area contributed by atoms with Gasteiger partial charge in [0, 0.05) is 18.8 Å². The summed E-state index contributed by atoms with van der Waals surface area (Å²) < 4.78 is 18.5. The fourth-order valence-electron chi connectivity index (χ4n) is 2.05. The van der Waals surface area contributed by atoms with Crippen molar-refractivity contribution in [3.8, 4) is 0 Å². The predicted molar refractivity (Wildman–Crippen MR) is 66.7 cm³/mol. The Morgan fingerprint density at radius 3 is 2.67 bits per heavy atom. The van der Waals surface area contributed by atoms with Crippen LogP contribution in [0.15, 0.2) is 18.2 Å². The number of halogens is 1. The Hall–Kier alpha value is -1.62. The number of hydrogen-bond donors (Lipinski definition) is 1. The number of likely N-dealkylation sites (tertiary alicyclic amines) is 1. The number of nitrogens with two attached hydrogens (primary N) is 1. The molecule has 0 radical (unpaired) electrons. The van der Waals surface area contributed by atoms with Crippen LogP contribution in [-0.4, -0.2) is 37.1 Å². The number of ether oxygens (including phenoxy) is 1. The van der Waals surface area contributed by atoms with Gasteiger partial charge in [-0.3, -0.25) is 0 Å². The molecular weight excluding hydrogens is 235 g/mol. The summed E-state index contributed by atoms with van der Waals surface area (Å²) >= 11 is 0. The Morgan fingerprint density at radius 1 is 1.39 bits per heavy atom. The van der Waals surface area contributed by atoms with Gasteiger partial charge in [-0.05, 0) is 38.1 Å². The van der Waals surface area contributed by atoms with Crippen LogP contribution in [0.4, 0.5) is 10.1 Å². The molecule has 0 amide bonds. The van der Waals surface area contributed by atoms with Crippen molar-refractivity contribution >= 4 is 11.7 Å². The zero-order valence-electron chi connectivity index (χ0n) is 10.4. The molecule has 1 fully saturated rings. The van der Waals surface area contributed by atoms with E-state index in [2.05, 4.69) is 4.90 Å². The molecule has 1 aliphatic rings. The SMILES string of the molecule is CN1CCC(OC(=O)c2cc(N)cc(F)c2)CC1. The molecule has 1 saturated heterocycles. The van der Waals surface area contributed by atoms with Crippen LogP contribution in [0.3, 0.4) is 0 Å². The van der Waals surface area contributed by atoms with Gasteiger partial charge in [0.2, 0.25) is 0 Å². The molecule has 1 aromatic carbocycles. The Morgan fingerprint density at radius 2 is 2.06 bits per heavy atom. The lowest BCUT2D eigenvalue weighted by Gasteiger charge is -2.28. The van der Waals surface area contributed by atoms with Gasteiger partial charge in [-0.2, -0.15) is 0 Å². The smallest absolute Gasteiger partial charge is 0.338 e. The van der Waals surface area contributed by atoms with Gasteiger partial charge in [-0.1, -0.05) is 0 Å². The molecule has 0 atom stereocenters. The average molecular weight is 252 g/mol. The predicted octanol–water partition coefficient (Wildman–Crippen LogP) is 1.66. The normalized spacial score (nSPS) is 17.7. The van der Waals surface area contributed by atoms with Gasteiger partial charge in [0.1, 0.15) is 11.9 Å². The van der Waals surface area contributed by atoms with Crippen LogP contribution in [0, 0.1) is 5.82 Å². The number of nitrogen functional groups attached to an aromatic ring is 1. The first kappa shape index (κ1) is 12.8. The lowest BCUT2D eigenvalue weighted by Crippen LogP contribution is -2.35. The van der Waals surface area contributed by atoms with Crippen LogP contribution in [0.25, 0.3) is 0 Å². The summed E-state index contributed by atoms with van der Waals surface area (Å²) in [6, 6.07) is 3.75. The molecule has 0 unspecified atom stereocenters. The first-order valence-corrected chi connectivity index (χ1v) is 6.00. The minimum Gasteiger partial charge on any atom is -0.459 e. The number of piperidine rings is 1. The molecule has 1 aromatic rings. The number of nitrogens with zero attached hydrogens (tertiary/aromatic N) is 1. The van der Waals surface area contributed by atoms with E-state index in [1.807, 2.05) is 7.05 Å². The highest BCUT2D eigenvalue weighted by Gasteiger charge is 2.21. The molecule has 5 heteroatoms. The van der Waals surface area contributed by atoms with E-state index in [0.29, 0.717) is 0 Å². The number of carbonyl (C=O) groups excluding carboxylic acids is 1. The Labute approximate surface area is 106 Å². The number of rotatable bonds is 2. The Kier molecular flexibility index (Phi) is 3.81. The van der Waals surface area contributed by atoms with Gasteiger partial charge >= 0.3 is 5.97 Å². The summed E-state index contributed by atoms with van der Waals surface area (Å²) in [7, 11) is 2.03. The fourth-order valence-corrected chi connectivity index (χ4v) is 2.05. The lowest BCUT2D eigenvalue weighted by atomic mass is 10.1. The van der Waals surface area contributed by atoms with E-state index in [-0.39, 0.29) is 17.4 Å². The van der Waals surface area contributed by atoms with E-state index in [1.165, 1.54) is 12.1 Å². The van der Waals surface area contributed by atoms with Crippen molar-refractivity contribution in [3.05, 3.63) is 29.6 Å². The summed E-state index contributed by atoms with van der Waals surface area (Å²) in [6.45, 7) is 1.81. The minimum absolute atomic E-state index is 0.0850. The van der Waals surface area contributed by atoms with Gasteiger partial charge in [0.25, 0.3) is 0 Å². The van der Waals surface area contributed by atoms with Crippen LogP contribution in [0.5, 0.6) is 0 Å². The third kappa shape index (κ3) is 3.20. The van der Waals surface area contributed by atoms with E-state index in [4.69, 9.17) is 10.5 Å². The van der Waals surface area contributed by atoms with E-state index in [9.17, 15) is 9.18 Å². The number of carbonyl (C=O) groups is 1. The first-order valence-electron chi connectivity index (χ1n) is 6.00. The number of anilines is 1. The van der Waals surface area contributed by atoms with Crippen molar-refractivity contribution in [2.24, 2.45) is 0 Å². The van der Waals surface area contributed by atoms with Crippen LogP contribution in [0.1, 0.15) is 23.2 Å². The van der Waals surface area contributed by atoms with E-state index < -0.39 is 11.8 Å². The van der Waals surface area contributed by atoms with Crippen LogP contribution >= 0.6 is 0 Å². The summed E-state index contributed by atoms with van der Waals surface area (Å²) in [5, 5.41) is 0. The van der Waals surface area contributed by atoms with Crippen molar-refractivity contribution < 1.29 is 13.9 Å². The lowest BCUT2D eigenvalue weighted by molar-refractivity contribution is 0.0139. The molecule has 2 N–H and O–H groups in total. The molecule has 0 spiro atoms. The van der Waals surface area contributed by atoms with Crippen molar-refractivity contribution in [2.75, 3.05) is 25.9 Å². The van der Waals surface area contributed by atoms with E-state index in [1.54, 1.807) is 0 Å². The maximum absolute atomic E-state index is 13.1. The zero-order valence-corrected chi connectivity index (χ0v) is 10.4. The molecule has 0 saturated carbocycles. The first-order chi connectivity index (χ1) is 8.54. The summed E-state index contributed by atoms with van der Waals surface area (Å²) in [5.41, 5.74) is 5.89. The van der Waals surface area contributed by atoms with E-state index in [0.717, 1.165) is 32.0 Å². The quantitative estimate of drug-likeness (QED) is 0.642. The Bertz CT molecular complexity index is 422. The summed E-state index contributed by atoms with van der Waals surface area (Å²) in [5.74, 6) is -1.03. The number of hydrogen-bond acceptors (Lipinski definition) is 4. The molecule has 0 aliphatic carbocycles. The number of benzene rings is 1. The molecule has 0 aromatic heterocycles. The maximum Gasteiger partial charge on any atom is 0.338 e. The highest BCUT2D eigenvalue weighted by atomic mass is 19.1. The highest BCUT2D eigenvalue weighted by molar-refractivity contribution is 5.90. The van der Waals surface area contributed by atoms with Crippen LogP contribution in [0.2, 0.25) is 0 Å². The minimum atomic E-state index is -0.523. The summed E-state index contributed by atoms with van der Waals surface area (Å²) in [6.07, 6.45) is 1.54. The molecular formula is C13H17FN2O2. The molecule has 0 bridgehead atoms. The van der Waals surface area contributed by atoms with Gasteiger partial charge in [-0.25, -0.2) is 9.18 Å². The maximum atomic E-state index is 13.1. The third-order valence-corrected chi connectivity index (χ3v) is 3.10. The molecule has 1 heterocycles. The van der Waals surface area contributed by atoms with Crippen molar-refractivity contribution in [1.82, 2.24) is 4.90 Å². The van der Waals surface area contributed by atoms with Gasteiger partial charge < -0.3 is 15.4 Å². The van der Waals surface area contributed by atoms with Crippen LogP contribution in [-0.2, 0) is 4.74 Å². The molecule has 98 valence electrons. The second-order valence-electron chi connectivity index (χ2n) is 4.68. The second-order valence-corrected chi connectivity index (χ2v) is 4.68. The monoisotopic (exact) mass is 252 g/mol. The second kappa shape index (κ2) is 5.35. The fraction of sp³-hybridized carbons (Fsp3) is 0.462. The van der Waals surface area contributed by atoms with Crippen molar-refractivity contribution in [2.45, 2.75) is 18.9 Å². The van der Waals surface area contributed by atoms with Crippen LogP contribution < -0.4 is 5.73 Å². The Balaban J connectivity index is 1.99. The van der Waals surface area contributed by atoms with E-state index >= 15 is 0 Å². The number of esters is 1. The largest absolute Gasteiger partial charge is 0.459 e. The third-order valence-electron chi connectivity index (χ3n) is 3.10. The molecule has 4 nitrogen and oxygen atoms in total. The zero-order chi connectivity index (χ0) is 13.1. The standard InChI is InChI=1S/C13H17FN2O2/c1-16-4-2-12(3-5-16)18-13(17)9-6-10(14)8-11(15)7-9/h6-8,12H,2-5,15H2,1H3. The van der Waals surface area contributed by atoms with Crippen molar-refractivity contribution in [3.63, 3.8) is 0 Å². The average Bonchev–Trinajstić information content (AvgIpc) is 2.31. The summed E-state index contributed by atoms with van der Waals surface area (Å²) in [4.78, 5) is 14.0. The van der Waals surface area contributed by atoms with Gasteiger partial charge in [0.15, 0.2) is 0 Å². The topological polar surface area (TPSA) is 55.6 Å². The molecule has 1 aliphatic heterocycles. The van der Waals surface area contributed by atoms with Gasteiger partial charge in [0.05, 0.1) is 5.56 Å².